The Bertz CT molecular complexity index is 601. The lowest BCUT2D eigenvalue weighted by Crippen LogP contribution is -2.41. The van der Waals surface area contributed by atoms with Crippen molar-refractivity contribution in [3.8, 4) is 0 Å². The summed E-state index contributed by atoms with van der Waals surface area (Å²) in [5.41, 5.74) is -0.217. The summed E-state index contributed by atoms with van der Waals surface area (Å²) in [6.45, 7) is 4.56. The molecule has 0 saturated carbocycles. The third-order valence-corrected chi connectivity index (χ3v) is 6.02. The highest BCUT2D eigenvalue weighted by Gasteiger charge is 2.30. The van der Waals surface area contributed by atoms with E-state index in [4.69, 9.17) is 0 Å². The number of hydrogen-bond donors (Lipinski definition) is 1. The molecule has 3 nitrogen and oxygen atoms in total. The second kappa shape index (κ2) is 10.4. The molecule has 7 heteroatoms. The minimum atomic E-state index is -4.36. The zero-order chi connectivity index (χ0) is 19.9. The largest absolute Gasteiger partial charge is 0.416 e. The second-order valence-electron chi connectivity index (χ2n) is 7.30. The van der Waals surface area contributed by atoms with Crippen molar-refractivity contribution in [3.63, 3.8) is 0 Å². The van der Waals surface area contributed by atoms with Gasteiger partial charge in [-0.25, -0.2) is 0 Å². The summed E-state index contributed by atoms with van der Waals surface area (Å²) in [5.74, 6) is 1.61. The molecule has 0 spiro atoms. The van der Waals surface area contributed by atoms with Crippen LogP contribution in [0.15, 0.2) is 24.3 Å². The quantitative estimate of drug-likeness (QED) is 0.692. The van der Waals surface area contributed by atoms with Gasteiger partial charge in [0, 0.05) is 24.8 Å². The number of carbonyl (C=O) groups is 1. The second-order valence-corrected chi connectivity index (χ2v) is 8.21. The monoisotopic (exact) mass is 402 g/mol. The van der Waals surface area contributed by atoms with Crippen molar-refractivity contribution in [2.45, 2.75) is 51.4 Å². The van der Waals surface area contributed by atoms with E-state index in [2.05, 4.69) is 23.4 Å². The summed E-state index contributed by atoms with van der Waals surface area (Å²) < 4.78 is 38.2. The molecule has 1 aromatic rings. The van der Waals surface area contributed by atoms with E-state index in [-0.39, 0.29) is 12.5 Å². The van der Waals surface area contributed by atoms with Crippen molar-refractivity contribution in [1.29, 1.82) is 0 Å². The van der Waals surface area contributed by atoms with Gasteiger partial charge in [0.1, 0.15) is 0 Å². The Labute approximate surface area is 164 Å². The molecule has 1 N–H and O–H groups in total. The Hall–Kier alpha value is -1.21. The molecule has 1 aliphatic heterocycles. The van der Waals surface area contributed by atoms with Gasteiger partial charge in [-0.05, 0) is 69.1 Å². The van der Waals surface area contributed by atoms with Gasteiger partial charge in [-0.3, -0.25) is 9.69 Å². The Morgan fingerprint density at radius 2 is 2.04 bits per heavy atom. The molecule has 2 rings (SSSR count). The van der Waals surface area contributed by atoms with Crippen LogP contribution in [0.5, 0.6) is 0 Å². The average molecular weight is 403 g/mol. The number of nitrogens with one attached hydrogen (secondary N) is 1. The fraction of sp³-hybridized carbons (Fsp3) is 0.650. The summed E-state index contributed by atoms with van der Waals surface area (Å²) in [7, 11) is 0. The minimum Gasteiger partial charge on any atom is -0.352 e. The predicted octanol–water partition coefficient (Wildman–Crippen LogP) is 4.57. The van der Waals surface area contributed by atoms with E-state index in [1.165, 1.54) is 6.07 Å². The Balaban J connectivity index is 1.69. The van der Waals surface area contributed by atoms with Crippen LogP contribution in [0.3, 0.4) is 0 Å². The van der Waals surface area contributed by atoms with Crippen LogP contribution in [0.4, 0.5) is 13.2 Å². The Morgan fingerprint density at radius 1 is 1.33 bits per heavy atom. The van der Waals surface area contributed by atoms with Crippen LogP contribution in [0.1, 0.15) is 43.7 Å². The third kappa shape index (κ3) is 7.37. The maximum atomic E-state index is 12.7. The molecule has 0 aromatic heterocycles. The van der Waals surface area contributed by atoms with Gasteiger partial charge in [-0.2, -0.15) is 24.9 Å². The molecular formula is C20H29F3N2OS. The number of nitrogens with zero attached hydrogens (tertiary/aromatic N) is 1. The molecule has 1 fully saturated rings. The molecule has 152 valence electrons. The molecule has 1 amide bonds. The van der Waals surface area contributed by atoms with E-state index in [0.29, 0.717) is 23.9 Å². The first-order valence-corrected chi connectivity index (χ1v) is 10.8. The number of amides is 1. The maximum Gasteiger partial charge on any atom is 0.416 e. The highest BCUT2D eigenvalue weighted by atomic mass is 32.2. The van der Waals surface area contributed by atoms with Crippen molar-refractivity contribution in [2.24, 2.45) is 5.92 Å². The van der Waals surface area contributed by atoms with E-state index >= 15 is 0 Å². The van der Waals surface area contributed by atoms with Crippen LogP contribution in [-0.4, -0.2) is 41.9 Å². The van der Waals surface area contributed by atoms with Crippen LogP contribution < -0.4 is 5.32 Å². The van der Waals surface area contributed by atoms with Crippen LogP contribution in [0.25, 0.3) is 0 Å². The topological polar surface area (TPSA) is 32.3 Å². The molecule has 1 aromatic carbocycles. The van der Waals surface area contributed by atoms with E-state index in [1.54, 1.807) is 6.07 Å². The Morgan fingerprint density at radius 3 is 2.67 bits per heavy atom. The zero-order valence-corrected chi connectivity index (χ0v) is 16.8. The van der Waals surface area contributed by atoms with Gasteiger partial charge in [-0.1, -0.05) is 12.1 Å². The van der Waals surface area contributed by atoms with Crippen LogP contribution >= 0.6 is 11.8 Å². The van der Waals surface area contributed by atoms with Gasteiger partial charge >= 0.3 is 6.18 Å². The molecule has 0 aliphatic carbocycles. The number of piperidine rings is 1. The van der Waals surface area contributed by atoms with Gasteiger partial charge in [0.15, 0.2) is 0 Å². The molecular weight excluding hydrogens is 373 g/mol. The maximum absolute atomic E-state index is 12.7. The first-order chi connectivity index (χ1) is 12.8. The van der Waals surface area contributed by atoms with Gasteiger partial charge in [0.25, 0.3) is 0 Å². The average Bonchev–Trinajstić information content (AvgIpc) is 2.65. The fourth-order valence-corrected chi connectivity index (χ4v) is 4.20. The van der Waals surface area contributed by atoms with E-state index in [1.807, 2.05) is 11.8 Å². The first-order valence-electron chi connectivity index (χ1n) is 9.45. The van der Waals surface area contributed by atoms with Gasteiger partial charge < -0.3 is 5.32 Å². The van der Waals surface area contributed by atoms with Crippen LogP contribution in [0.2, 0.25) is 0 Å². The standard InChI is InChI=1S/C20H29F3N2OS/c1-15(14-27-2)25-10-8-16(9-11-25)6-7-19(26)24-13-17-4-3-5-18(12-17)20(21,22)23/h3-5,12,15-16H,6-11,13-14H2,1-2H3,(H,24,26). The molecule has 0 bridgehead atoms. The number of rotatable bonds is 8. The van der Waals surface area contributed by atoms with E-state index < -0.39 is 11.7 Å². The summed E-state index contributed by atoms with van der Waals surface area (Å²) in [6, 6.07) is 5.69. The molecule has 1 unspecified atom stereocenters. The number of alkyl halides is 3. The van der Waals surface area contributed by atoms with Crippen LogP contribution in [-0.2, 0) is 17.5 Å². The molecule has 1 saturated heterocycles. The van der Waals surface area contributed by atoms with Gasteiger partial charge in [0.05, 0.1) is 5.56 Å². The smallest absolute Gasteiger partial charge is 0.352 e. The number of benzene rings is 1. The van der Waals surface area contributed by atoms with Crippen molar-refractivity contribution in [3.05, 3.63) is 35.4 Å². The SMILES string of the molecule is CSCC(C)N1CCC(CCC(=O)NCc2cccc(C(F)(F)F)c2)CC1. The molecule has 0 radical (unpaired) electrons. The lowest BCUT2D eigenvalue weighted by atomic mass is 9.91. The highest BCUT2D eigenvalue weighted by molar-refractivity contribution is 7.98. The minimum absolute atomic E-state index is 0.0920. The molecule has 1 heterocycles. The lowest BCUT2D eigenvalue weighted by Gasteiger charge is -2.35. The third-order valence-electron chi connectivity index (χ3n) is 5.20. The summed E-state index contributed by atoms with van der Waals surface area (Å²) in [4.78, 5) is 14.6. The zero-order valence-electron chi connectivity index (χ0n) is 16.0. The number of carbonyl (C=O) groups excluding carboxylic acids is 1. The van der Waals surface area contributed by atoms with Crippen LogP contribution in [0, 0.1) is 5.92 Å². The van der Waals surface area contributed by atoms with Crippen molar-refractivity contribution >= 4 is 17.7 Å². The number of hydrogen-bond acceptors (Lipinski definition) is 3. The molecule has 1 atom stereocenters. The molecule has 1 aliphatic rings. The van der Waals surface area contributed by atoms with Crippen molar-refractivity contribution < 1.29 is 18.0 Å². The lowest BCUT2D eigenvalue weighted by molar-refractivity contribution is -0.137. The molecule has 27 heavy (non-hydrogen) atoms. The normalized spacial score (nSPS) is 17.7. The van der Waals surface area contributed by atoms with E-state index in [0.717, 1.165) is 50.2 Å². The van der Waals surface area contributed by atoms with E-state index in [9.17, 15) is 18.0 Å². The Kier molecular flexibility index (Phi) is 8.48. The van der Waals surface area contributed by atoms with Gasteiger partial charge in [-0.15, -0.1) is 0 Å². The van der Waals surface area contributed by atoms with Crippen molar-refractivity contribution in [2.75, 3.05) is 25.1 Å². The summed E-state index contributed by atoms with van der Waals surface area (Å²) in [5, 5.41) is 2.74. The van der Waals surface area contributed by atoms with Crippen molar-refractivity contribution in [1.82, 2.24) is 10.2 Å². The summed E-state index contributed by atoms with van der Waals surface area (Å²) >= 11 is 1.87. The predicted molar refractivity (Wildman–Crippen MR) is 105 cm³/mol. The number of thioether (sulfide) groups is 1. The number of halogens is 3. The highest BCUT2D eigenvalue weighted by Crippen LogP contribution is 2.29. The summed E-state index contributed by atoms with van der Waals surface area (Å²) in [6.07, 6.45) is 1.27. The number of likely N-dealkylation sites (tertiary alicyclic amines) is 1. The fourth-order valence-electron chi connectivity index (χ4n) is 3.51. The van der Waals surface area contributed by atoms with Gasteiger partial charge in [0.2, 0.25) is 5.91 Å². The first kappa shape index (κ1) is 22.1.